The van der Waals surface area contributed by atoms with Crippen molar-refractivity contribution >= 4 is 5.91 Å². The molecule has 0 aromatic carbocycles. The maximum Gasteiger partial charge on any atom is 0.217 e. The molecule has 0 fully saturated rings. The fourth-order valence-corrected chi connectivity index (χ4v) is 1.45. The Morgan fingerprint density at radius 1 is 1.50 bits per heavy atom. The molecule has 0 unspecified atom stereocenters. The van der Waals surface area contributed by atoms with Crippen LogP contribution in [0.3, 0.4) is 0 Å². The van der Waals surface area contributed by atoms with E-state index in [9.17, 15) is 4.79 Å². The summed E-state index contributed by atoms with van der Waals surface area (Å²) in [6.07, 6.45) is 1.76. The second-order valence-corrected chi connectivity index (χ2v) is 3.99. The van der Waals surface area contributed by atoms with Gasteiger partial charge in [0.2, 0.25) is 5.91 Å². The summed E-state index contributed by atoms with van der Waals surface area (Å²) in [5.41, 5.74) is 1.70. The molecule has 3 heteroatoms. The van der Waals surface area contributed by atoms with E-state index in [1.54, 1.807) is 6.20 Å². The van der Waals surface area contributed by atoms with Gasteiger partial charge in [0.15, 0.2) is 0 Å². The molecule has 1 heterocycles. The molecule has 14 heavy (non-hydrogen) atoms. The van der Waals surface area contributed by atoms with Crippen LogP contribution in [0.2, 0.25) is 0 Å². The third kappa shape index (κ3) is 2.55. The van der Waals surface area contributed by atoms with Crippen molar-refractivity contribution in [1.29, 1.82) is 0 Å². The van der Waals surface area contributed by atoms with Gasteiger partial charge in [-0.2, -0.15) is 0 Å². The van der Waals surface area contributed by atoms with Crippen LogP contribution >= 0.6 is 0 Å². The summed E-state index contributed by atoms with van der Waals surface area (Å²) in [5, 5.41) is 2.90. The van der Waals surface area contributed by atoms with Crippen LogP contribution in [0.4, 0.5) is 0 Å². The van der Waals surface area contributed by atoms with Crippen LogP contribution in [0.15, 0.2) is 18.3 Å². The van der Waals surface area contributed by atoms with E-state index in [2.05, 4.69) is 10.3 Å². The Morgan fingerprint density at radius 3 is 2.64 bits per heavy atom. The molecule has 1 aromatic heterocycles. The number of amides is 1. The molecule has 0 aliphatic heterocycles. The van der Waals surface area contributed by atoms with Crippen molar-refractivity contribution in [3.8, 4) is 0 Å². The summed E-state index contributed by atoms with van der Waals surface area (Å²) >= 11 is 0. The maximum absolute atomic E-state index is 11.0. The highest BCUT2D eigenvalue weighted by molar-refractivity contribution is 5.74. The molecule has 76 valence electrons. The van der Waals surface area contributed by atoms with Crippen molar-refractivity contribution < 1.29 is 4.79 Å². The van der Waals surface area contributed by atoms with Gasteiger partial charge < -0.3 is 5.32 Å². The number of aryl methyl sites for hydroxylation is 1. The average molecular weight is 192 g/mol. The van der Waals surface area contributed by atoms with E-state index in [1.165, 1.54) is 6.92 Å². The summed E-state index contributed by atoms with van der Waals surface area (Å²) in [4.78, 5) is 15.1. The number of aromatic nitrogens is 1. The predicted molar refractivity (Wildman–Crippen MR) is 55.8 cm³/mol. The molecule has 0 aliphatic carbocycles. The van der Waals surface area contributed by atoms with E-state index in [0.29, 0.717) is 0 Å². The number of carbonyl (C=O) groups is 1. The van der Waals surface area contributed by atoms with Crippen molar-refractivity contribution in [1.82, 2.24) is 10.3 Å². The lowest BCUT2D eigenvalue weighted by Crippen LogP contribution is -2.39. The molecular formula is C11H16N2O. The summed E-state index contributed by atoms with van der Waals surface area (Å²) in [6.45, 7) is 7.41. The van der Waals surface area contributed by atoms with Gasteiger partial charge in [0.1, 0.15) is 0 Å². The Labute approximate surface area is 84.6 Å². The normalized spacial score (nSPS) is 11.1. The third-order valence-electron chi connectivity index (χ3n) is 2.11. The predicted octanol–water partition coefficient (Wildman–Crippen LogP) is 1.76. The molecule has 1 rings (SSSR count). The van der Waals surface area contributed by atoms with E-state index in [-0.39, 0.29) is 11.4 Å². The monoisotopic (exact) mass is 192 g/mol. The van der Waals surface area contributed by atoms with E-state index >= 15 is 0 Å². The highest BCUT2D eigenvalue weighted by Gasteiger charge is 2.21. The minimum atomic E-state index is -0.334. The Balaban J connectivity index is 2.97. The molecule has 0 aliphatic rings. The van der Waals surface area contributed by atoms with Gasteiger partial charge in [-0.25, -0.2) is 0 Å². The zero-order valence-electron chi connectivity index (χ0n) is 9.09. The van der Waals surface area contributed by atoms with Gasteiger partial charge in [-0.05, 0) is 38.5 Å². The summed E-state index contributed by atoms with van der Waals surface area (Å²) in [6, 6.07) is 3.90. The topological polar surface area (TPSA) is 42.0 Å². The van der Waals surface area contributed by atoms with Crippen molar-refractivity contribution in [2.75, 3.05) is 0 Å². The number of hydrogen-bond donors (Lipinski definition) is 1. The van der Waals surface area contributed by atoms with Crippen LogP contribution in [0.25, 0.3) is 0 Å². The largest absolute Gasteiger partial charge is 0.347 e. The number of nitrogens with one attached hydrogen (secondary N) is 1. The Morgan fingerprint density at radius 2 is 2.14 bits per heavy atom. The van der Waals surface area contributed by atoms with Gasteiger partial charge in [-0.1, -0.05) is 0 Å². The van der Waals surface area contributed by atoms with Gasteiger partial charge in [0.05, 0.1) is 5.54 Å². The first-order valence-corrected chi connectivity index (χ1v) is 4.64. The number of rotatable bonds is 2. The van der Waals surface area contributed by atoms with E-state index in [1.807, 2.05) is 32.9 Å². The highest BCUT2D eigenvalue weighted by atomic mass is 16.1. The van der Waals surface area contributed by atoms with Crippen molar-refractivity contribution in [2.24, 2.45) is 0 Å². The van der Waals surface area contributed by atoms with Crippen LogP contribution in [0.1, 0.15) is 32.0 Å². The van der Waals surface area contributed by atoms with E-state index < -0.39 is 0 Å². The molecule has 1 N–H and O–H groups in total. The number of hydrogen-bond acceptors (Lipinski definition) is 2. The molecule has 1 amide bonds. The highest BCUT2D eigenvalue weighted by Crippen LogP contribution is 2.19. The fraction of sp³-hybridized carbons (Fsp3) is 0.455. The van der Waals surface area contributed by atoms with Crippen molar-refractivity contribution in [3.63, 3.8) is 0 Å². The molecule has 1 aromatic rings. The maximum atomic E-state index is 11.0. The summed E-state index contributed by atoms with van der Waals surface area (Å²) in [5.74, 6) is -0.0236. The molecule has 0 radical (unpaired) electrons. The first kappa shape index (κ1) is 10.7. The van der Waals surface area contributed by atoms with Crippen LogP contribution in [0.5, 0.6) is 0 Å². The quantitative estimate of drug-likeness (QED) is 0.775. The second kappa shape index (κ2) is 3.78. The van der Waals surface area contributed by atoms with Crippen LogP contribution in [-0.2, 0) is 10.3 Å². The van der Waals surface area contributed by atoms with Gasteiger partial charge in [0.25, 0.3) is 0 Å². The smallest absolute Gasteiger partial charge is 0.217 e. The van der Waals surface area contributed by atoms with Gasteiger partial charge in [-0.15, -0.1) is 0 Å². The lowest BCUT2D eigenvalue weighted by atomic mass is 9.94. The zero-order chi connectivity index (χ0) is 10.8. The van der Waals surface area contributed by atoms with E-state index in [0.717, 1.165) is 11.3 Å². The minimum absolute atomic E-state index is 0.0236. The average Bonchev–Trinajstić information content (AvgIpc) is 2.01. The summed E-state index contributed by atoms with van der Waals surface area (Å²) < 4.78 is 0. The Bertz CT molecular complexity index is 345. The zero-order valence-corrected chi connectivity index (χ0v) is 9.09. The van der Waals surface area contributed by atoms with Gasteiger partial charge in [-0.3, -0.25) is 9.78 Å². The number of pyridine rings is 1. The third-order valence-corrected chi connectivity index (χ3v) is 2.11. The molecule has 0 saturated carbocycles. The van der Waals surface area contributed by atoms with Gasteiger partial charge >= 0.3 is 0 Å². The minimum Gasteiger partial charge on any atom is -0.347 e. The summed E-state index contributed by atoms with van der Waals surface area (Å²) in [7, 11) is 0. The lowest BCUT2D eigenvalue weighted by molar-refractivity contribution is -0.120. The molecule has 0 atom stereocenters. The van der Waals surface area contributed by atoms with Crippen LogP contribution < -0.4 is 5.32 Å². The molecule has 0 bridgehead atoms. The fourth-order valence-electron chi connectivity index (χ4n) is 1.45. The number of nitrogens with zero attached hydrogens (tertiary/aromatic N) is 1. The van der Waals surface area contributed by atoms with Crippen LogP contribution in [0, 0.1) is 6.92 Å². The lowest BCUT2D eigenvalue weighted by Gasteiger charge is -2.26. The molecule has 0 spiro atoms. The molecular weight excluding hydrogens is 176 g/mol. The molecule has 0 saturated heterocycles. The van der Waals surface area contributed by atoms with Crippen molar-refractivity contribution in [3.05, 3.63) is 29.6 Å². The van der Waals surface area contributed by atoms with Gasteiger partial charge in [0, 0.05) is 18.8 Å². The first-order chi connectivity index (χ1) is 6.42. The van der Waals surface area contributed by atoms with Crippen molar-refractivity contribution in [2.45, 2.75) is 33.2 Å². The Kier molecular flexibility index (Phi) is 2.89. The second-order valence-electron chi connectivity index (χ2n) is 3.99. The SMILES string of the molecule is CC(=O)NC(C)(C)c1ccnc(C)c1. The Hall–Kier alpha value is -1.38. The molecule has 3 nitrogen and oxygen atoms in total. The first-order valence-electron chi connectivity index (χ1n) is 4.64. The van der Waals surface area contributed by atoms with Crippen LogP contribution in [-0.4, -0.2) is 10.9 Å². The van der Waals surface area contributed by atoms with E-state index in [4.69, 9.17) is 0 Å². The number of carbonyl (C=O) groups excluding carboxylic acids is 1. The standard InChI is InChI=1S/C11H16N2O/c1-8-7-10(5-6-12-8)11(3,4)13-9(2)14/h5-7H,1-4H3,(H,13,14).